The van der Waals surface area contributed by atoms with Crippen LogP contribution in [0.4, 0.5) is 0 Å². The van der Waals surface area contributed by atoms with Gasteiger partial charge in [0.25, 0.3) is 0 Å². The van der Waals surface area contributed by atoms with E-state index in [9.17, 15) is 0 Å². The smallest absolute Gasteiger partial charge is 0.0903 e. The van der Waals surface area contributed by atoms with Gasteiger partial charge < -0.3 is 5.32 Å². The highest BCUT2D eigenvalue weighted by molar-refractivity contribution is 6.11. The number of hydrogen-bond acceptors (Lipinski definition) is 1. The summed E-state index contributed by atoms with van der Waals surface area (Å²) in [6.45, 7) is 6.22. The molecule has 0 aromatic rings. The summed E-state index contributed by atoms with van der Waals surface area (Å²) < 4.78 is 0. The topological polar surface area (TPSA) is 12.0 Å². The van der Waals surface area contributed by atoms with Gasteiger partial charge in [-0.1, -0.05) is 13.8 Å². The largest absolute Gasteiger partial charge is 0.320 e. The van der Waals surface area contributed by atoms with Crippen molar-refractivity contribution in [3.8, 4) is 0 Å². The van der Waals surface area contributed by atoms with Crippen molar-refractivity contribution in [1.82, 2.24) is 5.32 Å². The highest BCUT2D eigenvalue weighted by atomic mass is 14.9. The van der Waals surface area contributed by atoms with Crippen molar-refractivity contribution >= 4 is 7.85 Å². The molecular formula is C6H14BN. The predicted octanol–water partition coefficient (Wildman–Crippen LogP) is 0.889. The van der Waals surface area contributed by atoms with Gasteiger partial charge in [-0.2, -0.15) is 0 Å². The molecule has 0 heterocycles. The molecule has 1 N–H and O–H groups in total. The van der Waals surface area contributed by atoms with Crippen molar-refractivity contribution in [2.24, 2.45) is 0 Å². The van der Waals surface area contributed by atoms with Gasteiger partial charge in [0.05, 0.1) is 7.85 Å². The highest BCUT2D eigenvalue weighted by Crippen LogP contribution is 1.87. The van der Waals surface area contributed by atoms with E-state index >= 15 is 0 Å². The van der Waals surface area contributed by atoms with Crippen molar-refractivity contribution in [2.45, 2.75) is 39.2 Å². The van der Waals surface area contributed by atoms with Gasteiger partial charge in [0.2, 0.25) is 0 Å². The molecule has 2 unspecified atom stereocenters. The Bertz CT molecular complexity index is 54.5. The molecule has 0 fully saturated rings. The molecular weight excluding hydrogens is 96.9 g/mol. The van der Waals surface area contributed by atoms with Crippen LogP contribution >= 0.6 is 0 Å². The third kappa shape index (κ3) is 4.19. The molecule has 0 spiro atoms. The predicted molar refractivity (Wildman–Crippen MR) is 38.1 cm³/mol. The molecule has 0 amide bonds. The van der Waals surface area contributed by atoms with Gasteiger partial charge >= 0.3 is 0 Å². The summed E-state index contributed by atoms with van der Waals surface area (Å²) in [6.07, 6.45) is 1.14. The van der Waals surface area contributed by atoms with Crippen molar-refractivity contribution in [3.05, 3.63) is 0 Å². The maximum atomic E-state index is 5.46. The fourth-order valence-electron chi connectivity index (χ4n) is 0.567. The summed E-state index contributed by atoms with van der Waals surface area (Å²) in [5, 5.41) is 3.17. The molecule has 8 heavy (non-hydrogen) atoms. The molecule has 0 aliphatic rings. The molecule has 0 aromatic carbocycles. The Morgan fingerprint density at radius 3 is 2.12 bits per heavy atom. The Kier molecular flexibility index (Phi) is 3.97. The zero-order valence-corrected chi connectivity index (χ0v) is 5.94. The summed E-state index contributed by atoms with van der Waals surface area (Å²) in [5.74, 6) is 0.130. The molecule has 1 nitrogen and oxygen atoms in total. The molecule has 2 heteroatoms. The molecule has 0 bridgehead atoms. The van der Waals surface area contributed by atoms with E-state index in [0.717, 1.165) is 6.42 Å². The second kappa shape index (κ2) is 3.96. The fourth-order valence-corrected chi connectivity index (χ4v) is 0.567. The van der Waals surface area contributed by atoms with Crippen molar-refractivity contribution in [3.63, 3.8) is 0 Å². The van der Waals surface area contributed by atoms with Crippen LogP contribution < -0.4 is 5.32 Å². The third-order valence-electron chi connectivity index (χ3n) is 1.16. The Morgan fingerprint density at radius 2 is 2.00 bits per heavy atom. The minimum Gasteiger partial charge on any atom is -0.320 e. The monoisotopic (exact) mass is 111 g/mol. The van der Waals surface area contributed by atoms with Crippen molar-refractivity contribution in [2.75, 3.05) is 0 Å². The summed E-state index contributed by atoms with van der Waals surface area (Å²) in [5.41, 5.74) is 0. The Hall–Kier alpha value is 0.0249. The lowest BCUT2D eigenvalue weighted by atomic mass is 9.98. The lowest BCUT2D eigenvalue weighted by molar-refractivity contribution is 0.528. The molecule has 0 aromatic heterocycles. The van der Waals surface area contributed by atoms with Crippen molar-refractivity contribution in [1.29, 1.82) is 0 Å². The standard InChI is InChI=1S/C6H14BN/c1-4-5(2)8-6(3)7/h5-6,8H,4H2,1-3H3. The number of hydrogen-bond donors (Lipinski definition) is 1. The van der Waals surface area contributed by atoms with Crippen LogP contribution in [0.1, 0.15) is 27.2 Å². The van der Waals surface area contributed by atoms with E-state index in [1.807, 2.05) is 6.92 Å². The summed E-state index contributed by atoms with van der Waals surface area (Å²) >= 11 is 0. The van der Waals surface area contributed by atoms with E-state index in [1.165, 1.54) is 0 Å². The first-order valence-corrected chi connectivity index (χ1v) is 3.18. The zero-order chi connectivity index (χ0) is 6.57. The van der Waals surface area contributed by atoms with E-state index in [1.54, 1.807) is 0 Å². The van der Waals surface area contributed by atoms with Crippen LogP contribution in [0.5, 0.6) is 0 Å². The summed E-state index contributed by atoms with van der Waals surface area (Å²) in [6, 6.07) is 0.551. The van der Waals surface area contributed by atoms with E-state index in [4.69, 9.17) is 7.85 Å². The van der Waals surface area contributed by atoms with Crippen LogP contribution in [0.25, 0.3) is 0 Å². The molecule has 2 radical (unpaired) electrons. The quantitative estimate of drug-likeness (QED) is 0.533. The van der Waals surface area contributed by atoms with Crippen LogP contribution in [-0.4, -0.2) is 19.8 Å². The first-order valence-electron chi connectivity index (χ1n) is 3.18. The van der Waals surface area contributed by atoms with E-state index in [-0.39, 0.29) is 5.94 Å². The van der Waals surface area contributed by atoms with Crippen LogP contribution in [0.2, 0.25) is 0 Å². The Labute approximate surface area is 53.3 Å². The third-order valence-corrected chi connectivity index (χ3v) is 1.16. The van der Waals surface area contributed by atoms with Gasteiger partial charge in [-0.3, -0.25) is 0 Å². The Balaban J connectivity index is 3.10. The SMILES string of the molecule is [B]C(C)NC(C)CC. The van der Waals surface area contributed by atoms with Gasteiger partial charge in [-0.05, 0) is 19.3 Å². The highest BCUT2D eigenvalue weighted by Gasteiger charge is 1.97. The van der Waals surface area contributed by atoms with Gasteiger partial charge in [0.1, 0.15) is 0 Å². The average molecular weight is 111 g/mol. The first-order chi connectivity index (χ1) is 3.66. The fraction of sp³-hybridized carbons (Fsp3) is 1.00. The van der Waals surface area contributed by atoms with E-state index < -0.39 is 0 Å². The second-order valence-corrected chi connectivity index (χ2v) is 2.26. The number of rotatable bonds is 3. The van der Waals surface area contributed by atoms with Gasteiger partial charge in [-0.15, -0.1) is 0 Å². The Morgan fingerprint density at radius 1 is 1.50 bits per heavy atom. The maximum absolute atomic E-state index is 5.46. The van der Waals surface area contributed by atoms with E-state index in [0.29, 0.717) is 6.04 Å². The minimum absolute atomic E-state index is 0.130. The van der Waals surface area contributed by atoms with Gasteiger partial charge in [0, 0.05) is 6.04 Å². The molecule has 46 valence electrons. The van der Waals surface area contributed by atoms with E-state index in [2.05, 4.69) is 19.2 Å². The zero-order valence-electron chi connectivity index (χ0n) is 5.94. The first kappa shape index (κ1) is 8.02. The van der Waals surface area contributed by atoms with Crippen LogP contribution in [0.3, 0.4) is 0 Å². The average Bonchev–Trinajstić information content (AvgIpc) is 1.65. The normalized spacial score (nSPS) is 17.9. The second-order valence-electron chi connectivity index (χ2n) is 2.26. The molecule has 0 rings (SSSR count). The van der Waals surface area contributed by atoms with Crippen LogP contribution in [-0.2, 0) is 0 Å². The lowest BCUT2D eigenvalue weighted by Gasteiger charge is -2.13. The van der Waals surface area contributed by atoms with Crippen molar-refractivity contribution < 1.29 is 0 Å². The van der Waals surface area contributed by atoms with Gasteiger partial charge in [0.15, 0.2) is 0 Å². The van der Waals surface area contributed by atoms with Crippen LogP contribution in [0, 0.1) is 0 Å². The van der Waals surface area contributed by atoms with Crippen LogP contribution in [0.15, 0.2) is 0 Å². The number of nitrogens with one attached hydrogen (secondary N) is 1. The summed E-state index contributed by atoms with van der Waals surface area (Å²) in [4.78, 5) is 0. The summed E-state index contributed by atoms with van der Waals surface area (Å²) in [7, 11) is 5.46. The molecule has 0 aliphatic heterocycles. The molecule has 0 aliphatic carbocycles. The maximum Gasteiger partial charge on any atom is 0.0903 e. The molecule has 2 atom stereocenters. The van der Waals surface area contributed by atoms with Gasteiger partial charge in [-0.25, -0.2) is 0 Å². The lowest BCUT2D eigenvalue weighted by Crippen LogP contribution is -2.33. The molecule has 0 saturated carbocycles. The molecule has 0 saturated heterocycles. The minimum atomic E-state index is 0.130.